The molecule has 0 saturated heterocycles. The highest BCUT2D eigenvalue weighted by atomic mass is 32.2. The molecule has 82 valence electrons. The molecule has 0 aliphatic heterocycles. The molecule has 4 heteroatoms. The molecule has 0 atom stereocenters. The highest BCUT2D eigenvalue weighted by Gasteiger charge is 1.96. The van der Waals surface area contributed by atoms with Crippen LogP contribution in [0.2, 0.25) is 0 Å². The van der Waals surface area contributed by atoms with Crippen LogP contribution >= 0.6 is 11.8 Å². The minimum atomic E-state index is 0.670. The van der Waals surface area contributed by atoms with Crippen LogP contribution in [0.5, 0.6) is 0 Å². The average molecular weight is 231 g/mol. The van der Waals surface area contributed by atoms with Crippen LogP contribution < -0.4 is 11.1 Å². The zero-order valence-corrected chi connectivity index (χ0v) is 9.79. The van der Waals surface area contributed by atoms with Gasteiger partial charge in [0.2, 0.25) is 0 Å². The molecule has 3 nitrogen and oxygen atoms in total. The average Bonchev–Trinajstić information content (AvgIpc) is 2.33. The Morgan fingerprint density at radius 2 is 1.88 bits per heavy atom. The van der Waals surface area contributed by atoms with Crippen LogP contribution in [-0.2, 0) is 0 Å². The van der Waals surface area contributed by atoms with Crippen LogP contribution in [0.3, 0.4) is 0 Å². The second kappa shape index (κ2) is 4.90. The number of thioether (sulfide) groups is 1. The summed E-state index contributed by atoms with van der Waals surface area (Å²) in [5.41, 5.74) is 7.26. The number of hydrogen-bond acceptors (Lipinski definition) is 4. The van der Waals surface area contributed by atoms with E-state index in [0.717, 1.165) is 11.5 Å². The van der Waals surface area contributed by atoms with Crippen molar-refractivity contribution in [3.8, 4) is 0 Å². The first-order valence-electron chi connectivity index (χ1n) is 4.90. The molecule has 1 aromatic carbocycles. The third-order valence-electron chi connectivity index (χ3n) is 2.15. The normalized spacial score (nSPS) is 10.1. The van der Waals surface area contributed by atoms with E-state index in [4.69, 9.17) is 5.73 Å². The first kappa shape index (κ1) is 10.8. The van der Waals surface area contributed by atoms with Gasteiger partial charge in [-0.25, -0.2) is 4.98 Å². The molecule has 1 heterocycles. The summed E-state index contributed by atoms with van der Waals surface area (Å²) in [6.45, 7) is 0. The second-order valence-electron chi connectivity index (χ2n) is 3.33. The maximum Gasteiger partial charge on any atom is 0.130 e. The number of hydrogen-bond donors (Lipinski definition) is 2. The molecule has 1 aromatic heterocycles. The van der Waals surface area contributed by atoms with Gasteiger partial charge in [0.05, 0.1) is 11.9 Å². The summed E-state index contributed by atoms with van der Waals surface area (Å²) in [7, 11) is 0. The molecule has 0 unspecified atom stereocenters. The maximum atomic E-state index is 5.56. The summed E-state index contributed by atoms with van der Waals surface area (Å²) in [5, 5.41) is 3.21. The quantitative estimate of drug-likeness (QED) is 0.797. The van der Waals surface area contributed by atoms with Gasteiger partial charge in [0.25, 0.3) is 0 Å². The van der Waals surface area contributed by atoms with Crippen molar-refractivity contribution in [1.82, 2.24) is 4.98 Å². The standard InChI is InChI=1S/C12H13N3S/c1-16-11-5-3-10(4-6-11)15-12-7-2-9(13)8-14-12/h2-8H,13H2,1H3,(H,14,15). The van der Waals surface area contributed by atoms with Crippen molar-refractivity contribution in [3.63, 3.8) is 0 Å². The van der Waals surface area contributed by atoms with E-state index in [1.54, 1.807) is 18.0 Å². The Hall–Kier alpha value is -1.68. The molecule has 0 radical (unpaired) electrons. The monoisotopic (exact) mass is 231 g/mol. The van der Waals surface area contributed by atoms with E-state index in [-0.39, 0.29) is 0 Å². The topological polar surface area (TPSA) is 50.9 Å². The molecule has 2 aromatic rings. The lowest BCUT2D eigenvalue weighted by atomic mass is 10.3. The maximum absolute atomic E-state index is 5.56. The van der Waals surface area contributed by atoms with Crippen LogP contribution in [0.4, 0.5) is 17.2 Å². The van der Waals surface area contributed by atoms with E-state index in [0.29, 0.717) is 5.69 Å². The lowest BCUT2D eigenvalue weighted by molar-refractivity contribution is 1.31. The van der Waals surface area contributed by atoms with Crippen LogP contribution in [-0.4, -0.2) is 11.2 Å². The van der Waals surface area contributed by atoms with Crippen molar-refractivity contribution in [2.45, 2.75) is 4.90 Å². The van der Waals surface area contributed by atoms with E-state index in [2.05, 4.69) is 28.7 Å². The molecule has 0 aliphatic rings. The summed E-state index contributed by atoms with van der Waals surface area (Å²) >= 11 is 1.73. The third-order valence-corrected chi connectivity index (χ3v) is 2.89. The van der Waals surface area contributed by atoms with Crippen LogP contribution in [0.25, 0.3) is 0 Å². The van der Waals surface area contributed by atoms with Gasteiger partial charge in [-0.05, 0) is 42.7 Å². The van der Waals surface area contributed by atoms with E-state index >= 15 is 0 Å². The molecule has 0 amide bonds. The zero-order valence-electron chi connectivity index (χ0n) is 8.97. The molecule has 2 rings (SSSR count). The highest BCUT2D eigenvalue weighted by molar-refractivity contribution is 7.98. The predicted octanol–water partition coefficient (Wildman–Crippen LogP) is 3.13. The first-order chi connectivity index (χ1) is 7.78. The van der Waals surface area contributed by atoms with Crippen molar-refractivity contribution in [2.75, 3.05) is 17.3 Å². The Bertz CT molecular complexity index is 451. The predicted molar refractivity (Wildman–Crippen MR) is 70.2 cm³/mol. The van der Waals surface area contributed by atoms with E-state index in [1.165, 1.54) is 4.90 Å². The molecule has 0 bridgehead atoms. The Morgan fingerprint density at radius 1 is 1.12 bits per heavy atom. The van der Waals surface area contributed by atoms with Crippen molar-refractivity contribution in [3.05, 3.63) is 42.6 Å². The lowest BCUT2D eigenvalue weighted by Gasteiger charge is -2.06. The number of nitrogens with one attached hydrogen (secondary N) is 1. The Kier molecular flexibility index (Phi) is 3.31. The van der Waals surface area contributed by atoms with E-state index < -0.39 is 0 Å². The van der Waals surface area contributed by atoms with Gasteiger partial charge in [0.1, 0.15) is 5.82 Å². The molecule has 0 aliphatic carbocycles. The van der Waals surface area contributed by atoms with Gasteiger partial charge in [-0.3, -0.25) is 0 Å². The van der Waals surface area contributed by atoms with Gasteiger partial charge < -0.3 is 11.1 Å². The fourth-order valence-electron chi connectivity index (χ4n) is 1.30. The zero-order chi connectivity index (χ0) is 11.4. The Morgan fingerprint density at radius 3 is 2.44 bits per heavy atom. The van der Waals surface area contributed by atoms with Crippen LogP contribution in [0.1, 0.15) is 0 Å². The molecule has 3 N–H and O–H groups in total. The molecule has 16 heavy (non-hydrogen) atoms. The van der Waals surface area contributed by atoms with Crippen LogP contribution in [0, 0.1) is 0 Å². The molecule has 0 spiro atoms. The summed E-state index contributed by atoms with van der Waals surface area (Å²) in [6.07, 6.45) is 3.70. The highest BCUT2D eigenvalue weighted by Crippen LogP contribution is 2.20. The van der Waals surface area contributed by atoms with Gasteiger partial charge in [0, 0.05) is 10.6 Å². The number of nitrogen functional groups attached to an aromatic ring is 1. The summed E-state index contributed by atoms with van der Waals surface area (Å²) in [4.78, 5) is 5.42. The second-order valence-corrected chi connectivity index (χ2v) is 4.21. The van der Waals surface area contributed by atoms with Crippen molar-refractivity contribution < 1.29 is 0 Å². The van der Waals surface area contributed by atoms with Crippen molar-refractivity contribution >= 4 is 29.0 Å². The number of pyridine rings is 1. The van der Waals surface area contributed by atoms with Gasteiger partial charge in [-0.2, -0.15) is 0 Å². The van der Waals surface area contributed by atoms with Gasteiger partial charge in [-0.1, -0.05) is 0 Å². The molecular formula is C12H13N3S. The molecule has 0 saturated carbocycles. The fourth-order valence-corrected chi connectivity index (χ4v) is 1.71. The van der Waals surface area contributed by atoms with E-state index in [1.807, 2.05) is 24.3 Å². The number of nitrogens with two attached hydrogens (primary N) is 1. The summed E-state index contributed by atoms with van der Waals surface area (Å²) < 4.78 is 0. The summed E-state index contributed by atoms with van der Waals surface area (Å²) in [5.74, 6) is 0.797. The molecule has 0 fully saturated rings. The van der Waals surface area contributed by atoms with Gasteiger partial charge in [0.15, 0.2) is 0 Å². The first-order valence-corrected chi connectivity index (χ1v) is 6.13. The minimum Gasteiger partial charge on any atom is -0.397 e. The third kappa shape index (κ3) is 2.67. The number of benzene rings is 1. The SMILES string of the molecule is CSc1ccc(Nc2ccc(N)cn2)cc1. The minimum absolute atomic E-state index is 0.670. The van der Waals surface area contributed by atoms with Crippen molar-refractivity contribution in [2.24, 2.45) is 0 Å². The molecular weight excluding hydrogens is 218 g/mol. The van der Waals surface area contributed by atoms with E-state index in [9.17, 15) is 0 Å². The lowest BCUT2D eigenvalue weighted by Crippen LogP contribution is -1.94. The number of rotatable bonds is 3. The van der Waals surface area contributed by atoms with Crippen molar-refractivity contribution in [1.29, 1.82) is 0 Å². The Labute approximate surface area is 99.1 Å². The Balaban J connectivity index is 2.11. The fraction of sp³-hybridized carbons (Fsp3) is 0.0833. The van der Waals surface area contributed by atoms with Gasteiger partial charge >= 0.3 is 0 Å². The number of aromatic nitrogens is 1. The number of anilines is 3. The smallest absolute Gasteiger partial charge is 0.130 e. The van der Waals surface area contributed by atoms with Crippen LogP contribution in [0.15, 0.2) is 47.5 Å². The number of nitrogens with zero attached hydrogens (tertiary/aromatic N) is 1. The van der Waals surface area contributed by atoms with Gasteiger partial charge in [-0.15, -0.1) is 11.8 Å². The summed E-state index contributed by atoms with van der Waals surface area (Å²) in [6, 6.07) is 11.9. The largest absolute Gasteiger partial charge is 0.397 e.